The minimum absolute atomic E-state index is 0.436. The Bertz CT molecular complexity index is 296. The standard InChI is InChI=1S/C13H27N3O3/c1-6-16(7-2)9-8-14-12(19)15-10(11(17)18)13(3,4)5/h10H,6-9H2,1-5H3,(H,17,18)(H2,14,15,19)/t10-/m0/s1. The summed E-state index contributed by atoms with van der Waals surface area (Å²) in [6.07, 6.45) is 0. The van der Waals surface area contributed by atoms with Gasteiger partial charge in [-0.1, -0.05) is 34.6 Å². The number of hydrogen-bond acceptors (Lipinski definition) is 3. The van der Waals surface area contributed by atoms with E-state index in [1.165, 1.54) is 0 Å². The monoisotopic (exact) mass is 273 g/mol. The number of carbonyl (C=O) groups is 2. The van der Waals surface area contributed by atoms with Crippen LogP contribution in [0.5, 0.6) is 0 Å². The van der Waals surface area contributed by atoms with E-state index in [-0.39, 0.29) is 0 Å². The lowest BCUT2D eigenvalue weighted by atomic mass is 9.87. The van der Waals surface area contributed by atoms with Crippen molar-refractivity contribution in [3.63, 3.8) is 0 Å². The molecule has 0 spiro atoms. The van der Waals surface area contributed by atoms with Gasteiger partial charge in [-0.3, -0.25) is 0 Å². The molecule has 0 radical (unpaired) electrons. The van der Waals surface area contributed by atoms with Gasteiger partial charge in [0.1, 0.15) is 6.04 Å². The molecule has 6 heteroatoms. The molecule has 0 bridgehead atoms. The van der Waals surface area contributed by atoms with Gasteiger partial charge in [0.25, 0.3) is 0 Å². The molecule has 0 aromatic heterocycles. The minimum atomic E-state index is -1.02. The maximum absolute atomic E-state index is 11.7. The van der Waals surface area contributed by atoms with Crippen LogP contribution in [-0.4, -0.2) is 54.2 Å². The number of carboxylic acid groups (broad SMARTS) is 1. The van der Waals surface area contributed by atoms with Crippen LogP contribution in [0, 0.1) is 5.41 Å². The van der Waals surface area contributed by atoms with E-state index < -0.39 is 23.5 Å². The number of aliphatic carboxylic acids is 1. The highest BCUT2D eigenvalue weighted by molar-refractivity contribution is 5.83. The van der Waals surface area contributed by atoms with Crippen LogP contribution in [0.2, 0.25) is 0 Å². The van der Waals surface area contributed by atoms with Crippen LogP contribution >= 0.6 is 0 Å². The van der Waals surface area contributed by atoms with Crippen molar-refractivity contribution in [3.8, 4) is 0 Å². The van der Waals surface area contributed by atoms with Crippen molar-refractivity contribution < 1.29 is 14.7 Å². The Hall–Kier alpha value is -1.30. The molecule has 0 aliphatic heterocycles. The molecule has 0 aliphatic rings. The summed E-state index contributed by atoms with van der Waals surface area (Å²) in [5.74, 6) is -1.02. The van der Waals surface area contributed by atoms with Crippen LogP contribution in [0.1, 0.15) is 34.6 Å². The number of carbonyl (C=O) groups excluding carboxylic acids is 1. The van der Waals surface area contributed by atoms with Gasteiger partial charge in [0.05, 0.1) is 0 Å². The molecule has 0 saturated carbocycles. The van der Waals surface area contributed by atoms with Gasteiger partial charge >= 0.3 is 12.0 Å². The molecule has 0 heterocycles. The first-order chi connectivity index (χ1) is 8.72. The number of likely N-dealkylation sites (N-methyl/N-ethyl adjacent to an activating group) is 1. The molecule has 0 aromatic rings. The van der Waals surface area contributed by atoms with E-state index in [4.69, 9.17) is 5.11 Å². The number of nitrogens with one attached hydrogen (secondary N) is 2. The first-order valence-corrected chi connectivity index (χ1v) is 6.71. The van der Waals surface area contributed by atoms with Gasteiger partial charge in [-0.15, -0.1) is 0 Å². The molecule has 112 valence electrons. The normalized spacial score (nSPS) is 13.2. The lowest BCUT2D eigenvalue weighted by molar-refractivity contribution is -0.141. The van der Waals surface area contributed by atoms with E-state index in [0.717, 1.165) is 19.6 Å². The van der Waals surface area contributed by atoms with E-state index in [1.54, 1.807) is 20.8 Å². The average molecular weight is 273 g/mol. The molecule has 3 N–H and O–H groups in total. The van der Waals surface area contributed by atoms with Gasteiger partial charge in [-0.25, -0.2) is 9.59 Å². The molecular formula is C13H27N3O3. The highest BCUT2D eigenvalue weighted by Crippen LogP contribution is 2.19. The number of rotatable bonds is 7. The zero-order valence-corrected chi connectivity index (χ0v) is 12.6. The summed E-state index contributed by atoms with van der Waals surface area (Å²) >= 11 is 0. The van der Waals surface area contributed by atoms with E-state index in [2.05, 4.69) is 29.4 Å². The van der Waals surface area contributed by atoms with E-state index in [0.29, 0.717) is 6.54 Å². The van der Waals surface area contributed by atoms with Gasteiger partial charge in [0.2, 0.25) is 0 Å². The Morgan fingerprint density at radius 1 is 1.21 bits per heavy atom. The summed E-state index contributed by atoms with van der Waals surface area (Å²) in [4.78, 5) is 24.9. The molecule has 1 atom stereocenters. The highest BCUT2D eigenvalue weighted by Gasteiger charge is 2.32. The lowest BCUT2D eigenvalue weighted by Gasteiger charge is -2.28. The smallest absolute Gasteiger partial charge is 0.326 e. The summed E-state index contributed by atoms with van der Waals surface area (Å²) in [6, 6.07) is -1.34. The molecule has 19 heavy (non-hydrogen) atoms. The van der Waals surface area contributed by atoms with Crippen LogP contribution in [0.3, 0.4) is 0 Å². The first kappa shape index (κ1) is 17.7. The van der Waals surface area contributed by atoms with Crippen molar-refractivity contribution in [1.29, 1.82) is 0 Å². The largest absolute Gasteiger partial charge is 0.480 e. The molecule has 0 saturated heterocycles. The fraction of sp³-hybridized carbons (Fsp3) is 0.846. The summed E-state index contributed by atoms with van der Waals surface area (Å²) in [5.41, 5.74) is -0.526. The molecule has 0 rings (SSSR count). The summed E-state index contributed by atoms with van der Waals surface area (Å²) in [5, 5.41) is 14.3. The number of urea groups is 1. The van der Waals surface area contributed by atoms with E-state index in [9.17, 15) is 9.59 Å². The topological polar surface area (TPSA) is 81.7 Å². The van der Waals surface area contributed by atoms with Gasteiger partial charge in [0, 0.05) is 13.1 Å². The summed E-state index contributed by atoms with van der Waals surface area (Å²) in [6.45, 7) is 12.6. The van der Waals surface area contributed by atoms with Crippen molar-refractivity contribution in [1.82, 2.24) is 15.5 Å². The Morgan fingerprint density at radius 2 is 1.74 bits per heavy atom. The average Bonchev–Trinajstić information content (AvgIpc) is 2.30. The molecule has 0 unspecified atom stereocenters. The minimum Gasteiger partial charge on any atom is -0.480 e. The first-order valence-electron chi connectivity index (χ1n) is 6.71. The molecular weight excluding hydrogens is 246 g/mol. The fourth-order valence-electron chi connectivity index (χ4n) is 1.70. The maximum atomic E-state index is 11.7. The quantitative estimate of drug-likeness (QED) is 0.649. The summed E-state index contributed by atoms with van der Waals surface area (Å²) < 4.78 is 0. The van der Waals surface area contributed by atoms with Gasteiger partial charge < -0.3 is 20.6 Å². The third-order valence-corrected chi connectivity index (χ3v) is 3.00. The van der Waals surface area contributed by atoms with Crippen LogP contribution in [0.4, 0.5) is 4.79 Å². The number of carboxylic acids is 1. The molecule has 0 fully saturated rings. The zero-order valence-electron chi connectivity index (χ0n) is 12.6. The SMILES string of the molecule is CCN(CC)CCNC(=O)N[C@@H](C(=O)O)C(C)(C)C. The Kier molecular flexibility index (Phi) is 7.44. The Labute approximate surface area is 115 Å². The third kappa shape index (κ3) is 7.00. The Balaban J connectivity index is 4.19. The second-order valence-electron chi connectivity index (χ2n) is 5.56. The third-order valence-electron chi connectivity index (χ3n) is 3.00. The second kappa shape index (κ2) is 7.99. The van der Waals surface area contributed by atoms with Crippen molar-refractivity contribution >= 4 is 12.0 Å². The van der Waals surface area contributed by atoms with Crippen molar-refractivity contribution in [2.75, 3.05) is 26.2 Å². The zero-order chi connectivity index (χ0) is 15.1. The van der Waals surface area contributed by atoms with Gasteiger partial charge in [-0.05, 0) is 18.5 Å². The summed E-state index contributed by atoms with van der Waals surface area (Å²) in [7, 11) is 0. The van der Waals surface area contributed by atoms with Crippen molar-refractivity contribution in [3.05, 3.63) is 0 Å². The predicted molar refractivity (Wildman–Crippen MR) is 75.2 cm³/mol. The number of amides is 2. The lowest BCUT2D eigenvalue weighted by Crippen LogP contribution is -2.53. The second-order valence-corrected chi connectivity index (χ2v) is 5.56. The van der Waals surface area contributed by atoms with E-state index >= 15 is 0 Å². The predicted octanol–water partition coefficient (Wildman–Crippen LogP) is 1.13. The molecule has 0 aromatic carbocycles. The van der Waals surface area contributed by atoms with E-state index in [1.807, 2.05) is 0 Å². The maximum Gasteiger partial charge on any atom is 0.326 e. The fourth-order valence-corrected chi connectivity index (χ4v) is 1.70. The van der Waals surface area contributed by atoms with Crippen LogP contribution in [0.15, 0.2) is 0 Å². The van der Waals surface area contributed by atoms with Crippen LogP contribution < -0.4 is 10.6 Å². The van der Waals surface area contributed by atoms with Crippen LogP contribution in [0.25, 0.3) is 0 Å². The number of hydrogen-bond donors (Lipinski definition) is 3. The van der Waals surface area contributed by atoms with Gasteiger partial charge in [0.15, 0.2) is 0 Å². The van der Waals surface area contributed by atoms with Crippen LogP contribution in [-0.2, 0) is 4.79 Å². The molecule has 6 nitrogen and oxygen atoms in total. The molecule has 2 amide bonds. The Morgan fingerprint density at radius 3 is 2.11 bits per heavy atom. The van der Waals surface area contributed by atoms with Crippen molar-refractivity contribution in [2.24, 2.45) is 5.41 Å². The van der Waals surface area contributed by atoms with Gasteiger partial charge in [-0.2, -0.15) is 0 Å². The highest BCUT2D eigenvalue weighted by atomic mass is 16.4. The number of nitrogens with zero attached hydrogens (tertiary/aromatic N) is 1. The molecule has 0 aliphatic carbocycles. The van der Waals surface area contributed by atoms with Crippen molar-refractivity contribution in [2.45, 2.75) is 40.7 Å².